The van der Waals surface area contributed by atoms with Gasteiger partial charge in [-0.1, -0.05) is 6.07 Å². The van der Waals surface area contributed by atoms with E-state index in [1.54, 1.807) is 0 Å². The number of thioether (sulfide) groups is 1. The van der Waals surface area contributed by atoms with Gasteiger partial charge in [-0.05, 0) is 43.7 Å². The first-order chi connectivity index (χ1) is 7.17. The predicted octanol–water partition coefficient (Wildman–Crippen LogP) is 3.22. The monoisotopic (exact) mass is 218 g/mol. The molecule has 0 saturated carbocycles. The summed E-state index contributed by atoms with van der Waals surface area (Å²) in [4.78, 5) is 7.72. The van der Waals surface area contributed by atoms with Crippen LogP contribution in [0.1, 0.15) is 24.7 Å². The van der Waals surface area contributed by atoms with E-state index in [0.29, 0.717) is 4.75 Å². The summed E-state index contributed by atoms with van der Waals surface area (Å²) in [5.41, 5.74) is 3.66. The fraction of sp³-hybridized carbons (Fsp3) is 0.417. The van der Waals surface area contributed by atoms with Crippen molar-refractivity contribution in [1.82, 2.24) is 9.97 Å². The molecule has 15 heavy (non-hydrogen) atoms. The van der Waals surface area contributed by atoms with Gasteiger partial charge in [0.1, 0.15) is 5.82 Å². The molecule has 1 saturated heterocycles. The normalized spacial score (nSPS) is 25.5. The van der Waals surface area contributed by atoms with Crippen molar-refractivity contribution in [3.63, 3.8) is 0 Å². The number of H-pyrrole nitrogens is 1. The van der Waals surface area contributed by atoms with Crippen LogP contribution in [0.15, 0.2) is 18.2 Å². The topological polar surface area (TPSA) is 28.7 Å². The summed E-state index contributed by atoms with van der Waals surface area (Å²) < 4.78 is 0.340. The van der Waals surface area contributed by atoms with Gasteiger partial charge < -0.3 is 4.98 Å². The van der Waals surface area contributed by atoms with E-state index in [1.165, 1.54) is 23.3 Å². The zero-order valence-corrected chi connectivity index (χ0v) is 9.82. The van der Waals surface area contributed by atoms with Crippen LogP contribution in [0.25, 0.3) is 11.0 Å². The van der Waals surface area contributed by atoms with E-state index >= 15 is 0 Å². The summed E-state index contributed by atoms with van der Waals surface area (Å²) in [5.74, 6) is 2.28. The van der Waals surface area contributed by atoms with Gasteiger partial charge in [-0.15, -0.1) is 0 Å². The van der Waals surface area contributed by atoms with Gasteiger partial charge >= 0.3 is 0 Å². The Morgan fingerprint density at radius 2 is 2.27 bits per heavy atom. The number of aromatic amines is 1. The number of hydrogen-bond donors (Lipinski definition) is 1. The summed E-state index contributed by atoms with van der Waals surface area (Å²) >= 11 is 2.04. The van der Waals surface area contributed by atoms with Crippen LogP contribution in [0.4, 0.5) is 0 Å². The lowest BCUT2D eigenvalue weighted by atomic mass is 9.96. The van der Waals surface area contributed by atoms with Crippen LogP contribution in [0.5, 0.6) is 0 Å². The molecule has 3 rings (SSSR count). The van der Waals surface area contributed by atoms with Gasteiger partial charge in [0, 0.05) is 4.75 Å². The largest absolute Gasteiger partial charge is 0.342 e. The van der Waals surface area contributed by atoms with Gasteiger partial charge in [0.2, 0.25) is 0 Å². The first-order valence-electron chi connectivity index (χ1n) is 5.28. The van der Waals surface area contributed by atoms with Gasteiger partial charge in [0.15, 0.2) is 0 Å². The number of fused-ring (bicyclic) bond motifs is 1. The molecule has 1 atom stereocenters. The van der Waals surface area contributed by atoms with Crippen LogP contribution >= 0.6 is 11.8 Å². The van der Waals surface area contributed by atoms with Crippen molar-refractivity contribution in [2.75, 3.05) is 5.75 Å². The average molecular weight is 218 g/mol. The minimum atomic E-state index is 0.340. The first kappa shape index (κ1) is 9.28. The number of aryl methyl sites for hydroxylation is 1. The van der Waals surface area contributed by atoms with Crippen molar-refractivity contribution in [3.05, 3.63) is 29.6 Å². The highest BCUT2D eigenvalue weighted by Gasteiger charge is 2.34. The second kappa shape index (κ2) is 3.01. The molecule has 0 bridgehead atoms. The van der Waals surface area contributed by atoms with Crippen molar-refractivity contribution in [2.24, 2.45) is 0 Å². The Labute approximate surface area is 93.5 Å². The van der Waals surface area contributed by atoms with Crippen molar-refractivity contribution in [2.45, 2.75) is 25.0 Å². The molecule has 0 spiro atoms. The molecule has 1 aromatic heterocycles. The standard InChI is InChI=1S/C12H14N2S/c1-8-13-10-4-3-9(7-11(10)14-8)12(2)5-6-15-12/h3-4,7H,5-6H2,1-2H3,(H,13,14). The van der Waals surface area contributed by atoms with Crippen molar-refractivity contribution in [3.8, 4) is 0 Å². The van der Waals surface area contributed by atoms with Gasteiger partial charge in [-0.3, -0.25) is 0 Å². The van der Waals surface area contributed by atoms with E-state index in [0.717, 1.165) is 11.3 Å². The number of aromatic nitrogens is 2. The molecular weight excluding hydrogens is 204 g/mol. The van der Waals surface area contributed by atoms with Crippen molar-refractivity contribution < 1.29 is 0 Å². The molecule has 0 radical (unpaired) electrons. The Hall–Kier alpha value is -0.960. The molecule has 1 N–H and O–H groups in total. The number of nitrogens with zero attached hydrogens (tertiary/aromatic N) is 1. The molecule has 2 nitrogen and oxygen atoms in total. The average Bonchev–Trinajstić information content (AvgIpc) is 2.53. The molecule has 2 aromatic rings. The minimum Gasteiger partial charge on any atom is -0.342 e. The third-order valence-corrected chi connectivity index (χ3v) is 4.70. The Morgan fingerprint density at radius 3 is 2.93 bits per heavy atom. The van der Waals surface area contributed by atoms with Crippen molar-refractivity contribution >= 4 is 22.8 Å². The Kier molecular flexibility index (Phi) is 1.87. The van der Waals surface area contributed by atoms with E-state index in [1.807, 2.05) is 18.7 Å². The first-order valence-corrected chi connectivity index (χ1v) is 6.27. The minimum absolute atomic E-state index is 0.340. The van der Waals surface area contributed by atoms with E-state index in [-0.39, 0.29) is 0 Å². The fourth-order valence-corrected chi connectivity index (χ4v) is 3.21. The zero-order chi connectivity index (χ0) is 10.5. The molecule has 3 heteroatoms. The maximum absolute atomic E-state index is 4.42. The summed E-state index contributed by atoms with van der Waals surface area (Å²) in [5, 5.41) is 0. The van der Waals surface area contributed by atoms with Crippen molar-refractivity contribution in [1.29, 1.82) is 0 Å². The highest BCUT2D eigenvalue weighted by atomic mass is 32.2. The smallest absolute Gasteiger partial charge is 0.104 e. The van der Waals surface area contributed by atoms with E-state index < -0.39 is 0 Å². The quantitative estimate of drug-likeness (QED) is 0.796. The number of rotatable bonds is 1. The van der Waals surface area contributed by atoms with Crippen LogP contribution in [0.2, 0.25) is 0 Å². The molecule has 0 amide bonds. The van der Waals surface area contributed by atoms with Gasteiger partial charge in [0.05, 0.1) is 11.0 Å². The number of benzene rings is 1. The molecular formula is C12H14N2S. The van der Waals surface area contributed by atoms with Crippen LogP contribution in [0, 0.1) is 6.92 Å². The maximum atomic E-state index is 4.42. The van der Waals surface area contributed by atoms with Crippen LogP contribution in [-0.2, 0) is 4.75 Å². The molecule has 78 valence electrons. The molecule has 1 unspecified atom stereocenters. The Bertz CT molecular complexity index is 511. The molecule has 1 aliphatic rings. The number of imidazole rings is 1. The summed E-state index contributed by atoms with van der Waals surface area (Å²) in [6, 6.07) is 6.59. The van der Waals surface area contributed by atoms with E-state index in [9.17, 15) is 0 Å². The van der Waals surface area contributed by atoms with E-state index in [4.69, 9.17) is 0 Å². The summed E-state index contributed by atoms with van der Waals surface area (Å²) in [6.45, 7) is 4.32. The van der Waals surface area contributed by atoms with Gasteiger partial charge in [0.25, 0.3) is 0 Å². The second-order valence-corrected chi connectivity index (χ2v) is 5.98. The zero-order valence-electron chi connectivity index (χ0n) is 9.00. The molecule has 1 fully saturated rings. The SMILES string of the molecule is Cc1nc2ccc(C3(C)CCS3)cc2[nH]1. The third-order valence-electron chi connectivity index (χ3n) is 3.21. The maximum Gasteiger partial charge on any atom is 0.104 e. The lowest BCUT2D eigenvalue weighted by Crippen LogP contribution is -2.27. The van der Waals surface area contributed by atoms with Crippen LogP contribution < -0.4 is 0 Å². The van der Waals surface area contributed by atoms with Gasteiger partial charge in [-0.25, -0.2) is 4.98 Å². The van der Waals surface area contributed by atoms with Crippen LogP contribution in [0.3, 0.4) is 0 Å². The highest BCUT2D eigenvalue weighted by molar-refractivity contribution is 8.01. The van der Waals surface area contributed by atoms with Crippen LogP contribution in [-0.4, -0.2) is 15.7 Å². The molecule has 0 aliphatic carbocycles. The lowest BCUT2D eigenvalue weighted by Gasteiger charge is -2.38. The van der Waals surface area contributed by atoms with E-state index in [2.05, 4.69) is 35.1 Å². The predicted molar refractivity (Wildman–Crippen MR) is 65.3 cm³/mol. The summed E-state index contributed by atoms with van der Waals surface area (Å²) in [6.07, 6.45) is 1.29. The van der Waals surface area contributed by atoms with Gasteiger partial charge in [-0.2, -0.15) is 11.8 Å². The molecule has 1 aromatic carbocycles. The second-order valence-electron chi connectivity index (χ2n) is 4.38. The number of hydrogen-bond acceptors (Lipinski definition) is 2. The third kappa shape index (κ3) is 1.37. The fourth-order valence-electron chi connectivity index (χ4n) is 2.10. The highest BCUT2D eigenvalue weighted by Crippen LogP contribution is 2.49. The molecule has 2 heterocycles. The Balaban J connectivity index is 2.13. The summed E-state index contributed by atoms with van der Waals surface area (Å²) in [7, 11) is 0. The molecule has 1 aliphatic heterocycles. The number of nitrogens with one attached hydrogen (secondary N) is 1. The Morgan fingerprint density at radius 1 is 1.47 bits per heavy atom. The lowest BCUT2D eigenvalue weighted by molar-refractivity contribution is 0.627.